The number of hydrogen-bond donors (Lipinski definition) is 3. The van der Waals surface area contributed by atoms with E-state index in [2.05, 4.69) is 10.6 Å². The largest absolute Gasteiger partial charge is 0.393 e. The van der Waals surface area contributed by atoms with Crippen molar-refractivity contribution in [1.29, 1.82) is 0 Å². The van der Waals surface area contributed by atoms with Gasteiger partial charge >= 0.3 is 6.03 Å². The second-order valence-corrected chi connectivity index (χ2v) is 6.56. The molecule has 3 amide bonds. The van der Waals surface area contributed by atoms with E-state index in [-0.39, 0.29) is 24.0 Å². The fraction of sp³-hybridized carbons (Fsp3) is 0.529. The molecule has 1 aliphatic rings. The van der Waals surface area contributed by atoms with E-state index in [1.807, 2.05) is 13.8 Å². The third kappa shape index (κ3) is 4.96. The van der Waals surface area contributed by atoms with E-state index in [4.69, 9.17) is 0 Å². The summed E-state index contributed by atoms with van der Waals surface area (Å²) >= 11 is 0. The van der Waals surface area contributed by atoms with Gasteiger partial charge in [-0.1, -0.05) is 13.8 Å². The van der Waals surface area contributed by atoms with Gasteiger partial charge in [0.15, 0.2) is 0 Å². The molecule has 6 nitrogen and oxygen atoms in total. The van der Waals surface area contributed by atoms with Crippen molar-refractivity contribution in [1.82, 2.24) is 4.90 Å². The molecule has 1 aromatic carbocycles. The van der Waals surface area contributed by atoms with Crippen molar-refractivity contribution in [3.8, 4) is 0 Å². The van der Waals surface area contributed by atoms with Gasteiger partial charge in [0, 0.05) is 36.8 Å². The molecule has 1 aliphatic heterocycles. The monoisotopic (exact) mass is 319 g/mol. The first-order valence-electron chi connectivity index (χ1n) is 7.99. The van der Waals surface area contributed by atoms with Gasteiger partial charge in [-0.2, -0.15) is 0 Å². The SMILES string of the molecule is CC(C)CC(=O)Nc1ccc(NC(=O)N2CC([C@H](C)O)C2)cc1. The number of benzene rings is 1. The molecule has 1 heterocycles. The third-order valence-electron chi connectivity index (χ3n) is 3.89. The molecule has 0 spiro atoms. The molecule has 1 fully saturated rings. The topological polar surface area (TPSA) is 81.7 Å². The molecule has 0 saturated carbocycles. The van der Waals surface area contributed by atoms with Crippen molar-refractivity contribution in [3.05, 3.63) is 24.3 Å². The Balaban J connectivity index is 1.81. The zero-order valence-electron chi connectivity index (χ0n) is 13.9. The molecule has 6 heteroatoms. The van der Waals surface area contributed by atoms with Crippen LogP contribution in [0, 0.1) is 11.8 Å². The normalized spacial score (nSPS) is 16.0. The average Bonchev–Trinajstić information content (AvgIpc) is 2.37. The van der Waals surface area contributed by atoms with Crippen LogP contribution in [0.5, 0.6) is 0 Å². The highest BCUT2D eigenvalue weighted by Crippen LogP contribution is 2.21. The van der Waals surface area contributed by atoms with Gasteiger partial charge in [-0.3, -0.25) is 4.79 Å². The molecular weight excluding hydrogens is 294 g/mol. The number of nitrogens with zero attached hydrogens (tertiary/aromatic N) is 1. The summed E-state index contributed by atoms with van der Waals surface area (Å²) in [5.74, 6) is 0.469. The van der Waals surface area contributed by atoms with Gasteiger partial charge in [-0.05, 0) is 37.1 Å². The molecule has 1 saturated heterocycles. The van der Waals surface area contributed by atoms with Crippen molar-refractivity contribution in [2.75, 3.05) is 23.7 Å². The summed E-state index contributed by atoms with van der Waals surface area (Å²) in [6.07, 6.45) is 0.102. The molecule has 0 unspecified atom stereocenters. The summed E-state index contributed by atoms with van der Waals surface area (Å²) < 4.78 is 0. The molecule has 23 heavy (non-hydrogen) atoms. The van der Waals surface area contributed by atoms with Gasteiger partial charge in [0.2, 0.25) is 5.91 Å². The maximum atomic E-state index is 12.0. The van der Waals surface area contributed by atoms with Crippen LogP contribution in [0.25, 0.3) is 0 Å². The van der Waals surface area contributed by atoms with Crippen LogP contribution in [0.3, 0.4) is 0 Å². The van der Waals surface area contributed by atoms with Crippen LogP contribution in [0.15, 0.2) is 24.3 Å². The van der Waals surface area contributed by atoms with Crippen LogP contribution in [-0.4, -0.2) is 41.1 Å². The lowest BCUT2D eigenvalue weighted by Gasteiger charge is -2.40. The number of hydrogen-bond acceptors (Lipinski definition) is 3. The first-order valence-corrected chi connectivity index (χ1v) is 7.99. The Kier molecular flexibility index (Phi) is 5.60. The van der Waals surface area contributed by atoms with Crippen LogP contribution in [-0.2, 0) is 4.79 Å². The van der Waals surface area contributed by atoms with Gasteiger partial charge < -0.3 is 20.6 Å². The number of carbonyl (C=O) groups is 2. The second-order valence-electron chi connectivity index (χ2n) is 6.56. The molecule has 0 aliphatic carbocycles. The van der Waals surface area contributed by atoms with Gasteiger partial charge in [-0.25, -0.2) is 4.79 Å². The lowest BCUT2D eigenvalue weighted by molar-refractivity contribution is -0.116. The average molecular weight is 319 g/mol. The summed E-state index contributed by atoms with van der Waals surface area (Å²) in [5.41, 5.74) is 1.39. The zero-order valence-corrected chi connectivity index (χ0v) is 13.9. The third-order valence-corrected chi connectivity index (χ3v) is 3.89. The molecule has 1 atom stereocenters. The summed E-state index contributed by atoms with van der Waals surface area (Å²) in [7, 11) is 0. The minimum absolute atomic E-state index is 0.0125. The maximum absolute atomic E-state index is 12.0. The van der Waals surface area contributed by atoms with E-state index >= 15 is 0 Å². The predicted octanol–water partition coefficient (Wildman–Crippen LogP) is 2.52. The number of urea groups is 1. The molecular formula is C17H25N3O3. The quantitative estimate of drug-likeness (QED) is 0.780. The fourth-order valence-electron chi connectivity index (χ4n) is 2.41. The van der Waals surface area contributed by atoms with Gasteiger partial charge in [0.05, 0.1) is 6.10 Å². The minimum atomic E-state index is -0.382. The fourth-order valence-corrected chi connectivity index (χ4v) is 2.41. The zero-order chi connectivity index (χ0) is 17.0. The van der Waals surface area contributed by atoms with Crippen molar-refractivity contribution < 1.29 is 14.7 Å². The van der Waals surface area contributed by atoms with E-state index in [0.717, 1.165) is 0 Å². The number of anilines is 2. The number of rotatable bonds is 5. The van der Waals surface area contributed by atoms with Crippen molar-refractivity contribution >= 4 is 23.3 Å². The standard InChI is InChI=1S/C17H25N3O3/c1-11(2)8-16(22)18-14-4-6-15(7-5-14)19-17(23)20-9-13(10-20)12(3)21/h4-7,11-13,21H,8-10H2,1-3H3,(H,18,22)(H,19,23)/t12-/m0/s1. The summed E-state index contributed by atoms with van der Waals surface area (Å²) in [5, 5.41) is 15.1. The predicted molar refractivity (Wildman–Crippen MR) is 90.3 cm³/mol. The molecule has 0 radical (unpaired) electrons. The van der Waals surface area contributed by atoms with Gasteiger partial charge in [-0.15, -0.1) is 0 Å². The lowest BCUT2D eigenvalue weighted by atomic mass is 9.95. The Morgan fingerprint density at radius 3 is 2.13 bits per heavy atom. The van der Waals surface area contributed by atoms with Crippen molar-refractivity contribution in [2.45, 2.75) is 33.3 Å². The van der Waals surface area contributed by atoms with E-state index in [9.17, 15) is 14.7 Å². The highest BCUT2D eigenvalue weighted by atomic mass is 16.3. The van der Waals surface area contributed by atoms with Crippen LogP contribution in [0.4, 0.5) is 16.2 Å². The van der Waals surface area contributed by atoms with Crippen LogP contribution >= 0.6 is 0 Å². The molecule has 3 N–H and O–H groups in total. The van der Waals surface area contributed by atoms with E-state index in [1.165, 1.54) is 0 Å². The minimum Gasteiger partial charge on any atom is -0.393 e. The highest BCUT2D eigenvalue weighted by Gasteiger charge is 2.33. The van der Waals surface area contributed by atoms with Crippen LogP contribution < -0.4 is 10.6 Å². The lowest BCUT2D eigenvalue weighted by Crippen LogP contribution is -2.55. The second kappa shape index (κ2) is 7.46. The van der Waals surface area contributed by atoms with Crippen molar-refractivity contribution in [2.24, 2.45) is 11.8 Å². The summed E-state index contributed by atoms with van der Waals surface area (Å²) in [6, 6.07) is 6.88. The van der Waals surface area contributed by atoms with Crippen molar-refractivity contribution in [3.63, 3.8) is 0 Å². The van der Waals surface area contributed by atoms with Crippen LogP contribution in [0.2, 0.25) is 0 Å². The summed E-state index contributed by atoms with van der Waals surface area (Å²) in [6.45, 7) is 6.89. The number of nitrogens with one attached hydrogen (secondary N) is 2. The molecule has 0 aromatic heterocycles. The number of aliphatic hydroxyl groups is 1. The smallest absolute Gasteiger partial charge is 0.321 e. The number of aliphatic hydroxyl groups excluding tert-OH is 1. The van der Waals surface area contributed by atoms with Crippen LogP contribution in [0.1, 0.15) is 27.2 Å². The molecule has 126 valence electrons. The number of likely N-dealkylation sites (tertiary alicyclic amines) is 1. The Labute approximate surface area is 136 Å². The summed E-state index contributed by atoms with van der Waals surface area (Å²) in [4.78, 5) is 25.4. The molecule has 2 rings (SSSR count). The molecule has 0 bridgehead atoms. The Bertz CT molecular complexity index is 549. The highest BCUT2D eigenvalue weighted by molar-refractivity contribution is 5.92. The Hall–Kier alpha value is -2.08. The van der Waals surface area contributed by atoms with E-state index in [1.54, 1.807) is 36.1 Å². The number of carbonyl (C=O) groups excluding carboxylic acids is 2. The Morgan fingerprint density at radius 1 is 1.13 bits per heavy atom. The van der Waals surface area contributed by atoms with E-state index < -0.39 is 0 Å². The first kappa shape index (κ1) is 17.3. The first-order chi connectivity index (χ1) is 10.8. The maximum Gasteiger partial charge on any atom is 0.321 e. The molecule has 1 aromatic rings. The van der Waals surface area contributed by atoms with Gasteiger partial charge in [0.25, 0.3) is 0 Å². The Morgan fingerprint density at radius 2 is 1.65 bits per heavy atom. The number of amides is 3. The van der Waals surface area contributed by atoms with E-state index in [0.29, 0.717) is 36.8 Å². The van der Waals surface area contributed by atoms with Gasteiger partial charge in [0.1, 0.15) is 0 Å².